The van der Waals surface area contributed by atoms with E-state index in [-0.39, 0.29) is 0 Å². The Labute approximate surface area is 135 Å². The van der Waals surface area contributed by atoms with E-state index in [4.69, 9.17) is 4.74 Å². The summed E-state index contributed by atoms with van der Waals surface area (Å²) in [5, 5.41) is 13.1. The summed E-state index contributed by atoms with van der Waals surface area (Å²) in [6.07, 6.45) is 3.01. The van der Waals surface area contributed by atoms with Crippen molar-refractivity contribution in [1.29, 1.82) is 0 Å². The van der Waals surface area contributed by atoms with Gasteiger partial charge in [0.05, 0.1) is 11.9 Å². The van der Waals surface area contributed by atoms with Crippen LogP contribution >= 0.6 is 27.3 Å². The Morgan fingerprint density at radius 2 is 2.29 bits per heavy atom. The summed E-state index contributed by atoms with van der Waals surface area (Å²) in [6, 6.07) is 3.55. The molecule has 0 aliphatic heterocycles. The lowest BCUT2D eigenvalue weighted by Crippen LogP contribution is -2.15. The second-order valence-electron chi connectivity index (χ2n) is 4.18. The van der Waals surface area contributed by atoms with Gasteiger partial charge in [-0.2, -0.15) is 0 Å². The lowest BCUT2D eigenvalue weighted by atomic mass is 10.3. The largest absolute Gasteiger partial charge is 0.449 e. The lowest BCUT2D eigenvalue weighted by molar-refractivity contribution is 0.160. The number of rotatable bonds is 6. The van der Waals surface area contributed by atoms with Gasteiger partial charge in [-0.25, -0.2) is 9.78 Å². The maximum Gasteiger partial charge on any atom is 0.412 e. The van der Waals surface area contributed by atoms with Gasteiger partial charge < -0.3 is 4.74 Å². The van der Waals surface area contributed by atoms with Gasteiger partial charge >= 0.3 is 6.09 Å². The van der Waals surface area contributed by atoms with E-state index in [1.165, 1.54) is 11.3 Å². The molecule has 0 spiro atoms. The molecule has 2 aromatic rings. The van der Waals surface area contributed by atoms with Gasteiger partial charge in [-0.3, -0.25) is 5.32 Å². The zero-order valence-corrected chi connectivity index (χ0v) is 13.9. The van der Waals surface area contributed by atoms with Crippen molar-refractivity contribution in [3.63, 3.8) is 0 Å². The minimum Gasteiger partial charge on any atom is -0.449 e. The molecule has 1 N–H and O–H groups in total. The third-order valence-corrected chi connectivity index (χ3v) is 4.43. The maximum atomic E-state index is 11.5. The third kappa shape index (κ3) is 4.75. The van der Waals surface area contributed by atoms with Gasteiger partial charge in [0.1, 0.15) is 15.8 Å². The van der Waals surface area contributed by atoms with Crippen LogP contribution in [0.3, 0.4) is 0 Å². The van der Waals surface area contributed by atoms with E-state index in [1.54, 1.807) is 12.3 Å². The zero-order chi connectivity index (χ0) is 15.1. The fourth-order valence-corrected chi connectivity index (χ4v) is 2.60. The van der Waals surface area contributed by atoms with Crippen molar-refractivity contribution in [2.75, 3.05) is 11.9 Å². The number of carbonyl (C=O) groups excluding carboxylic acids is 1. The van der Waals surface area contributed by atoms with Crippen molar-refractivity contribution >= 4 is 39.2 Å². The minimum atomic E-state index is -0.485. The first-order valence-corrected chi connectivity index (χ1v) is 8.45. The average Bonchev–Trinajstić information content (AvgIpc) is 2.97. The Bertz CT molecular complexity index is 588. The standard InChI is InChI=1S/C13H15BrN4O2S/c1-2-3-6-20-13(19)16-10-5-4-9(8-15-10)12-18-17-11(7-14)21-12/h4-5,8H,2-3,6-7H2,1H3,(H,15,16,19). The van der Waals surface area contributed by atoms with Gasteiger partial charge in [-0.1, -0.05) is 40.6 Å². The molecule has 21 heavy (non-hydrogen) atoms. The molecule has 8 heteroatoms. The van der Waals surface area contributed by atoms with Crippen LogP contribution < -0.4 is 5.32 Å². The Hall–Kier alpha value is -1.54. The van der Waals surface area contributed by atoms with Crippen molar-refractivity contribution in [3.8, 4) is 10.6 Å². The van der Waals surface area contributed by atoms with Gasteiger partial charge in [0.25, 0.3) is 0 Å². The molecule has 0 aromatic carbocycles. The summed E-state index contributed by atoms with van der Waals surface area (Å²) in [4.78, 5) is 15.7. The minimum absolute atomic E-state index is 0.417. The van der Waals surface area contributed by atoms with E-state index in [1.807, 2.05) is 13.0 Å². The summed E-state index contributed by atoms with van der Waals surface area (Å²) in [6.45, 7) is 2.45. The van der Waals surface area contributed by atoms with Crippen LogP contribution in [0.25, 0.3) is 10.6 Å². The SMILES string of the molecule is CCCCOC(=O)Nc1ccc(-c2nnc(CBr)s2)cn1. The number of ether oxygens (including phenoxy) is 1. The highest BCUT2D eigenvalue weighted by molar-refractivity contribution is 9.08. The molecule has 0 aliphatic rings. The molecule has 0 aliphatic carbocycles. The van der Waals surface area contributed by atoms with Gasteiger partial charge in [-0.05, 0) is 18.6 Å². The Balaban J connectivity index is 1.94. The second kappa shape index (κ2) is 8.04. The van der Waals surface area contributed by atoms with Crippen LogP contribution in [0.15, 0.2) is 18.3 Å². The van der Waals surface area contributed by atoms with Crippen LogP contribution in [-0.2, 0) is 10.1 Å². The summed E-state index contributed by atoms with van der Waals surface area (Å²) >= 11 is 4.84. The molecule has 0 atom stereocenters. The Morgan fingerprint density at radius 3 is 2.90 bits per heavy atom. The van der Waals surface area contributed by atoms with Crippen LogP contribution in [0, 0.1) is 0 Å². The smallest absolute Gasteiger partial charge is 0.412 e. The lowest BCUT2D eigenvalue weighted by Gasteiger charge is -2.05. The number of hydrogen-bond acceptors (Lipinski definition) is 6. The number of pyridine rings is 1. The van der Waals surface area contributed by atoms with E-state index in [0.29, 0.717) is 17.8 Å². The maximum absolute atomic E-state index is 11.5. The van der Waals surface area contributed by atoms with E-state index in [2.05, 4.69) is 36.4 Å². The Kier molecular flexibility index (Phi) is 6.06. The second-order valence-corrected chi connectivity index (χ2v) is 5.80. The van der Waals surface area contributed by atoms with E-state index < -0.39 is 6.09 Å². The highest BCUT2D eigenvalue weighted by Gasteiger charge is 2.08. The molecule has 0 bridgehead atoms. The van der Waals surface area contributed by atoms with Crippen LogP contribution in [0.4, 0.5) is 10.6 Å². The van der Waals surface area contributed by atoms with Crippen LogP contribution in [0.1, 0.15) is 24.8 Å². The van der Waals surface area contributed by atoms with E-state index in [0.717, 1.165) is 28.4 Å². The van der Waals surface area contributed by atoms with Gasteiger partial charge in [0.15, 0.2) is 0 Å². The van der Waals surface area contributed by atoms with Crippen molar-refractivity contribution < 1.29 is 9.53 Å². The van der Waals surface area contributed by atoms with Gasteiger partial charge in [0.2, 0.25) is 0 Å². The monoisotopic (exact) mass is 370 g/mol. The van der Waals surface area contributed by atoms with Crippen molar-refractivity contribution in [2.24, 2.45) is 0 Å². The molecule has 6 nitrogen and oxygen atoms in total. The number of hydrogen-bond donors (Lipinski definition) is 1. The fraction of sp³-hybridized carbons (Fsp3) is 0.385. The summed E-state index contributed by atoms with van der Waals surface area (Å²) in [5.41, 5.74) is 0.865. The van der Waals surface area contributed by atoms with Gasteiger partial charge in [0, 0.05) is 11.8 Å². The summed E-state index contributed by atoms with van der Waals surface area (Å²) in [5.74, 6) is 0.450. The first kappa shape index (κ1) is 15.8. The number of halogens is 1. The van der Waals surface area contributed by atoms with Crippen molar-refractivity contribution in [1.82, 2.24) is 15.2 Å². The molecule has 112 valence electrons. The number of unbranched alkanes of at least 4 members (excludes halogenated alkanes) is 1. The summed E-state index contributed by atoms with van der Waals surface area (Å²) in [7, 11) is 0. The van der Waals surface area contributed by atoms with Crippen LogP contribution in [0.2, 0.25) is 0 Å². The van der Waals surface area contributed by atoms with Crippen LogP contribution in [-0.4, -0.2) is 27.9 Å². The molecule has 0 unspecified atom stereocenters. The molecular formula is C13H15BrN4O2S. The number of anilines is 1. The van der Waals surface area contributed by atoms with E-state index in [9.17, 15) is 4.79 Å². The number of nitrogens with zero attached hydrogens (tertiary/aromatic N) is 3. The predicted molar refractivity (Wildman–Crippen MR) is 85.6 cm³/mol. The van der Waals surface area contributed by atoms with Gasteiger partial charge in [-0.15, -0.1) is 10.2 Å². The molecule has 1 amide bonds. The zero-order valence-electron chi connectivity index (χ0n) is 11.5. The highest BCUT2D eigenvalue weighted by atomic mass is 79.9. The van der Waals surface area contributed by atoms with Crippen LogP contribution in [0.5, 0.6) is 0 Å². The normalized spacial score (nSPS) is 10.4. The highest BCUT2D eigenvalue weighted by Crippen LogP contribution is 2.24. The number of aromatic nitrogens is 3. The molecule has 0 radical (unpaired) electrons. The number of amides is 1. The van der Waals surface area contributed by atoms with Crippen molar-refractivity contribution in [3.05, 3.63) is 23.3 Å². The number of nitrogens with one attached hydrogen (secondary N) is 1. The third-order valence-electron chi connectivity index (χ3n) is 2.55. The molecule has 2 heterocycles. The first-order valence-electron chi connectivity index (χ1n) is 6.51. The number of carbonyl (C=O) groups is 1. The molecule has 2 rings (SSSR count). The molecule has 2 aromatic heterocycles. The quantitative estimate of drug-likeness (QED) is 0.617. The molecule has 0 fully saturated rings. The molecular weight excluding hydrogens is 356 g/mol. The topological polar surface area (TPSA) is 77.0 Å². The summed E-state index contributed by atoms with van der Waals surface area (Å²) < 4.78 is 5.00. The first-order chi connectivity index (χ1) is 10.2. The average molecular weight is 371 g/mol. The predicted octanol–water partition coefficient (Wildman–Crippen LogP) is 3.84. The van der Waals surface area contributed by atoms with Crippen molar-refractivity contribution in [2.45, 2.75) is 25.1 Å². The Morgan fingerprint density at radius 1 is 1.43 bits per heavy atom. The molecule has 0 saturated carbocycles. The molecule has 0 saturated heterocycles. The number of alkyl halides is 1. The van der Waals surface area contributed by atoms with E-state index >= 15 is 0 Å². The fourth-order valence-electron chi connectivity index (χ4n) is 1.47.